The minimum atomic E-state index is -1.43. The maximum atomic E-state index is 13.1. The van der Waals surface area contributed by atoms with Crippen molar-refractivity contribution in [2.45, 2.75) is 12.3 Å². The molecule has 1 atom stereocenters. The summed E-state index contributed by atoms with van der Waals surface area (Å²) in [5, 5.41) is 2.75. The van der Waals surface area contributed by atoms with Crippen molar-refractivity contribution in [3.63, 3.8) is 0 Å². The van der Waals surface area contributed by atoms with Gasteiger partial charge in [0.15, 0.2) is 11.2 Å². The first-order valence-electron chi connectivity index (χ1n) is 8.07. The summed E-state index contributed by atoms with van der Waals surface area (Å²) in [5.41, 5.74) is 6.53. The quantitative estimate of drug-likeness (QED) is 0.623. The molecular weight excluding hydrogens is 338 g/mol. The van der Waals surface area contributed by atoms with E-state index in [1.54, 1.807) is 19.1 Å². The molecule has 1 spiro atoms. The van der Waals surface area contributed by atoms with Gasteiger partial charge < -0.3 is 24.9 Å². The van der Waals surface area contributed by atoms with Gasteiger partial charge in [-0.25, -0.2) is 4.79 Å². The highest BCUT2D eigenvalue weighted by molar-refractivity contribution is 6.14. The average molecular weight is 355 g/mol. The van der Waals surface area contributed by atoms with Crippen LogP contribution in [0.3, 0.4) is 0 Å². The maximum Gasteiger partial charge on any atom is 0.337 e. The van der Waals surface area contributed by atoms with E-state index in [1.165, 1.54) is 7.11 Å². The number of rotatable bonds is 4. The van der Waals surface area contributed by atoms with Crippen molar-refractivity contribution in [2.75, 3.05) is 26.1 Å². The lowest BCUT2D eigenvalue weighted by Crippen LogP contribution is -2.40. The molecule has 0 saturated heterocycles. The molecule has 8 nitrogen and oxygen atoms in total. The van der Waals surface area contributed by atoms with Crippen molar-refractivity contribution in [1.29, 1.82) is 0 Å². The van der Waals surface area contributed by atoms with Crippen molar-refractivity contribution in [2.24, 2.45) is 0 Å². The minimum absolute atomic E-state index is 0.0617. The van der Waals surface area contributed by atoms with Crippen LogP contribution in [-0.4, -0.2) is 37.2 Å². The van der Waals surface area contributed by atoms with E-state index in [0.717, 1.165) is 0 Å². The summed E-state index contributed by atoms with van der Waals surface area (Å²) in [6.45, 7) is 1.99. The fourth-order valence-electron chi connectivity index (χ4n) is 3.71. The molecule has 1 aromatic carbocycles. The number of methoxy groups -OCH3 is 1. The number of amides is 1. The number of nitrogens with zero attached hydrogens (tertiary/aromatic N) is 1. The van der Waals surface area contributed by atoms with Gasteiger partial charge in [0, 0.05) is 18.4 Å². The smallest absolute Gasteiger partial charge is 0.337 e. The molecule has 2 heterocycles. The van der Waals surface area contributed by atoms with Gasteiger partial charge in [-0.2, -0.15) is 4.98 Å². The Morgan fingerprint density at radius 3 is 2.88 bits per heavy atom. The first-order valence-corrected chi connectivity index (χ1v) is 8.07. The van der Waals surface area contributed by atoms with Gasteiger partial charge in [-0.3, -0.25) is 4.79 Å². The van der Waals surface area contributed by atoms with Crippen molar-refractivity contribution in [3.05, 3.63) is 46.8 Å². The van der Waals surface area contributed by atoms with Crippen molar-refractivity contribution < 1.29 is 23.5 Å². The van der Waals surface area contributed by atoms with E-state index in [1.807, 2.05) is 12.1 Å². The van der Waals surface area contributed by atoms with Crippen LogP contribution in [0.4, 0.5) is 6.01 Å². The number of nitrogen functional groups attached to an aromatic ring is 1. The van der Waals surface area contributed by atoms with E-state index in [-0.39, 0.29) is 30.7 Å². The number of allylic oxidation sites excluding steroid dienone is 1. The number of aromatic nitrogens is 1. The molecule has 1 aliphatic carbocycles. The Morgan fingerprint density at radius 2 is 2.12 bits per heavy atom. The third kappa shape index (κ3) is 1.96. The second-order valence-electron chi connectivity index (χ2n) is 6.11. The summed E-state index contributed by atoms with van der Waals surface area (Å²) in [4.78, 5) is 30.2. The molecule has 2 aliphatic rings. The third-order valence-electron chi connectivity index (χ3n) is 4.69. The fraction of sp³-hybridized carbons (Fsp3) is 0.278. The molecule has 0 fully saturated rings. The van der Waals surface area contributed by atoms with Crippen LogP contribution < -0.4 is 11.1 Å². The zero-order valence-corrected chi connectivity index (χ0v) is 14.3. The van der Waals surface area contributed by atoms with Crippen LogP contribution in [0, 0.1) is 0 Å². The lowest BCUT2D eigenvalue weighted by atomic mass is 9.75. The van der Waals surface area contributed by atoms with Crippen LogP contribution in [0.15, 0.2) is 40.0 Å². The summed E-state index contributed by atoms with van der Waals surface area (Å²) < 4.78 is 15.8. The molecule has 3 N–H and O–H groups in total. The Bertz CT molecular complexity index is 961. The predicted molar refractivity (Wildman–Crippen MR) is 90.8 cm³/mol. The monoisotopic (exact) mass is 355 g/mol. The van der Waals surface area contributed by atoms with Crippen LogP contribution in [0.1, 0.15) is 18.2 Å². The molecule has 1 aliphatic heterocycles. The number of nitrogens with two attached hydrogens (primary N) is 1. The van der Waals surface area contributed by atoms with Crippen LogP contribution >= 0.6 is 0 Å². The van der Waals surface area contributed by atoms with Crippen LogP contribution in [0.25, 0.3) is 11.3 Å². The number of benzene rings is 1. The molecule has 8 heteroatoms. The lowest BCUT2D eigenvalue weighted by Gasteiger charge is -2.24. The highest BCUT2D eigenvalue weighted by Crippen LogP contribution is 2.55. The van der Waals surface area contributed by atoms with E-state index >= 15 is 0 Å². The van der Waals surface area contributed by atoms with E-state index in [4.69, 9.17) is 19.6 Å². The summed E-state index contributed by atoms with van der Waals surface area (Å²) in [6, 6.07) is 7.14. The zero-order chi connectivity index (χ0) is 18.5. The van der Waals surface area contributed by atoms with Gasteiger partial charge in [-0.15, -0.1) is 0 Å². The molecule has 0 unspecified atom stereocenters. The Labute approximate surface area is 149 Å². The van der Waals surface area contributed by atoms with Gasteiger partial charge in [0.2, 0.25) is 5.91 Å². The Balaban J connectivity index is 1.93. The summed E-state index contributed by atoms with van der Waals surface area (Å²) >= 11 is 0. The molecule has 0 saturated carbocycles. The van der Waals surface area contributed by atoms with Gasteiger partial charge in [0.05, 0.1) is 12.2 Å². The zero-order valence-electron chi connectivity index (χ0n) is 14.3. The number of carbonyl (C=O) groups excluding carboxylic acids is 2. The van der Waals surface area contributed by atoms with Gasteiger partial charge in [-0.1, -0.05) is 24.3 Å². The first kappa shape index (κ1) is 16.3. The van der Waals surface area contributed by atoms with E-state index in [2.05, 4.69) is 10.3 Å². The average Bonchev–Trinajstić information content (AvgIpc) is 3.20. The Kier molecular flexibility index (Phi) is 3.58. The number of nitrogens with one attached hydrogen (secondary N) is 1. The van der Waals surface area contributed by atoms with Gasteiger partial charge in [0.1, 0.15) is 12.3 Å². The van der Waals surface area contributed by atoms with Gasteiger partial charge >= 0.3 is 5.97 Å². The second kappa shape index (κ2) is 5.70. The topological polar surface area (TPSA) is 117 Å². The fourth-order valence-corrected chi connectivity index (χ4v) is 3.71. The van der Waals surface area contributed by atoms with E-state index < -0.39 is 11.4 Å². The molecule has 0 radical (unpaired) electrons. The normalized spacial score (nSPS) is 20.3. The van der Waals surface area contributed by atoms with Gasteiger partial charge in [0.25, 0.3) is 6.01 Å². The van der Waals surface area contributed by atoms with Gasteiger partial charge in [-0.05, 0) is 12.5 Å². The Hall–Kier alpha value is -3.13. The summed E-state index contributed by atoms with van der Waals surface area (Å²) in [7, 11) is 1.51. The number of hydrogen-bond acceptors (Lipinski definition) is 7. The second-order valence-corrected chi connectivity index (χ2v) is 6.11. The lowest BCUT2D eigenvalue weighted by molar-refractivity contribution is -0.141. The number of fused-ring (bicyclic) bond motifs is 5. The molecule has 1 aromatic heterocycles. The number of esters is 1. The minimum Gasteiger partial charge on any atom is -0.460 e. The Morgan fingerprint density at radius 1 is 1.35 bits per heavy atom. The van der Waals surface area contributed by atoms with Crippen molar-refractivity contribution >= 4 is 17.9 Å². The van der Waals surface area contributed by atoms with E-state index in [0.29, 0.717) is 28.3 Å². The molecule has 2 aromatic rings. The highest BCUT2D eigenvalue weighted by atomic mass is 16.6. The number of carbonyl (C=O) groups is 2. The third-order valence-corrected chi connectivity index (χ3v) is 4.69. The molecule has 4 rings (SSSR count). The molecular formula is C18H17N3O5. The molecule has 1 amide bonds. The van der Waals surface area contributed by atoms with Crippen LogP contribution in [0.2, 0.25) is 0 Å². The molecule has 0 bridgehead atoms. The van der Waals surface area contributed by atoms with E-state index in [9.17, 15) is 9.59 Å². The number of oxazole rings is 1. The predicted octanol–water partition coefficient (Wildman–Crippen LogP) is 1.12. The van der Waals surface area contributed by atoms with Crippen LogP contribution in [-0.2, 0) is 24.5 Å². The summed E-state index contributed by atoms with van der Waals surface area (Å²) in [6.07, 6.45) is 0. The standard InChI is InChI=1S/C18H17N3O5/c1-9-12(15(22)25-8-7-24-2)18(16(23)20-9)11-6-4-3-5-10(11)13-14(18)21-17(19)26-13/h3-6H,7-8H2,1-2H3,(H2,19,21)(H,20,23)/t18-/m0/s1. The van der Waals surface area contributed by atoms with Crippen LogP contribution in [0.5, 0.6) is 0 Å². The SMILES string of the molecule is COCCOC(=O)C1=C(C)NC(=O)[C@@]12c1ccccc1-c1oc(N)nc12. The maximum absolute atomic E-state index is 13.1. The molecule has 134 valence electrons. The molecule has 26 heavy (non-hydrogen) atoms. The number of hydrogen-bond donors (Lipinski definition) is 2. The number of ether oxygens (including phenoxy) is 2. The summed E-state index contributed by atoms with van der Waals surface area (Å²) in [5.74, 6) is -0.597. The first-order chi connectivity index (χ1) is 12.5. The number of anilines is 1. The van der Waals surface area contributed by atoms with Crippen molar-refractivity contribution in [1.82, 2.24) is 10.3 Å². The van der Waals surface area contributed by atoms with Crippen molar-refractivity contribution in [3.8, 4) is 11.3 Å². The largest absolute Gasteiger partial charge is 0.460 e. The highest BCUT2D eigenvalue weighted by Gasteiger charge is 2.61.